The van der Waals surface area contributed by atoms with Crippen LogP contribution in [0.4, 0.5) is 5.82 Å². The Morgan fingerprint density at radius 2 is 1.78 bits per heavy atom. The molecular formula is C25H29N6O4P. The van der Waals surface area contributed by atoms with Gasteiger partial charge in [-0.15, -0.1) is 0 Å². The molecular weight excluding hydrogens is 479 g/mol. The van der Waals surface area contributed by atoms with E-state index in [2.05, 4.69) is 20.0 Å². The summed E-state index contributed by atoms with van der Waals surface area (Å²) in [7, 11) is 0.0758. The molecule has 2 unspecified atom stereocenters. The van der Waals surface area contributed by atoms with Crippen LogP contribution in [-0.2, 0) is 38.4 Å². The number of ether oxygens (including phenoxy) is 2. The Kier molecular flexibility index (Phi) is 9.29. The summed E-state index contributed by atoms with van der Waals surface area (Å²) in [5.74, 6) is -0.00853. The topological polar surface area (TPSA) is 126 Å². The summed E-state index contributed by atoms with van der Waals surface area (Å²) in [5, 5.41) is 3.34. The molecule has 188 valence electrons. The number of anilines is 1. The van der Waals surface area contributed by atoms with Gasteiger partial charge in [-0.1, -0.05) is 60.7 Å². The van der Waals surface area contributed by atoms with Crippen molar-refractivity contribution in [2.45, 2.75) is 25.6 Å². The number of fused-ring (bicyclic) bond motifs is 1. The van der Waals surface area contributed by atoms with E-state index in [9.17, 15) is 4.79 Å². The highest BCUT2D eigenvalue weighted by Crippen LogP contribution is 2.35. The van der Waals surface area contributed by atoms with Gasteiger partial charge in [-0.25, -0.2) is 15.0 Å². The van der Waals surface area contributed by atoms with E-state index in [1.165, 1.54) is 13.4 Å². The molecule has 0 aliphatic carbocycles. The first-order valence-electron chi connectivity index (χ1n) is 11.5. The molecule has 36 heavy (non-hydrogen) atoms. The third-order valence-corrected chi connectivity index (χ3v) is 6.87. The van der Waals surface area contributed by atoms with Crippen LogP contribution in [0.25, 0.3) is 11.2 Å². The normalized spacial score (nSPS) is 12.9. The third-order valence-electron chi connectivity index (χ3n) is 5.41. The van der Waals surface area contributed by atoms with Gasteiger partial charge in [0.25, 0.3) is 0 Å². The van der Waals surface area contributed by atoms with Crippen LogP contribution in [0.3, 0.4) is 0 Å². The van der Waals surface area contributed by atoms with Gasteiger partial charge in [0.2, 0.25) is 0 Å². The van der Waals surface area contributed by atoms with Crippen molar-refractivity contribution in [2.75, 3.05) is 25.8 Å². The molecule has 10 nitrogen and oxygen atoms in total. The van der Waals surface area contributed by atoms with Crippen LogP contribution in [0.15, 0.2) is 73.3 Å². The van der Waals surface area contributed by atoms with Gasteiger partial charge in [-0.2, -0.15) is 0 Å². The maximum Gasteiger partial charge on any atom is 0.323 e. The lowest BCUT2D eigenvalue weighted by Crippen LogP contribution is -2.37. The molecule has 0 amide bonds. The minimum atomic E-state index is -1.31. The zero-order valence-electron chi connectivity index (χ0n) is 20.0. The van der Waals surface area contributed by atoms with Crippen molar-refractivity contribution < 1.29 is 18.8 Å². The molecule has 0 spiro atoms. The van der Waals surface area contributed by atoms with Crippen LogP contribution in [0.1, 0.15) is 11.1 Å². The van der Waals surface area contributed by atoms with Crippen LogP contribution >= 0.6 is 8.30 Å². The summed E-state index contributed by atoms with van der Waals surface area (Å²) < 4.78 is 19.1. The van der Waals surface area contributed by atoms with Crippen LogP contribution in [-0.4, -0.2) is 51.6 Å². The summed E-state index contributed by atoms with van der Waals surface area (Å²) in [4.78, 5) is 25.1. The van der Waals surface area contributed by atoms with Gasteiger partial charge in [0, 0.05) is 6.54 Å². The molecule has 0 radical (unpaired) electrons. The number of hydrogen-bond acceptors (Lipinski definition) is 9. The van der Waals surface area contributed by atoms with Crippen molar-refractivity contribution in [1.29, 1.82) is 0 Å². The van der Waals surface area contributed by atoms with Crippen molar-refractivity contribution in [3.8, 4) is 0 Å². The Morgan fingerprint density at radius 3 is 2.50 bits per heavy atom. The average Bonchev–Trinajstić information content (AvgIpc) is 3.34. The van der Waals surface area contributed by atoms with Gasteiger partial charge in [0.1, 0.15) is 32.5 Å². The van der Waals surface area contributed by atoms with E-state index < -0.39 is 14.3 Å². The fourth-order valence-corrected chi connectivity index (χ4v) is 4.93. The predicted molar refractivity (Wildman–Crippen MR) is 138 cm³/mol. The van der Waals surface area contributed by atoms with Crippen LogP contribution < -0.4 is 10.8 Å². The zero-order chi connectivity index (χ0) is 25.2. The number of rotatable bonds is 13. The molecule has 0 bridgehead atoms. The number of carbonyl (C=O) groups excluding carboxylic acids is 1. The highest BCUT2D eigenvalue weighted by atomic mass is 31.2. The number of aromatic nitrogens is 4. The standard InChI is InChI=1S/C25H29N6O4P/c1-33-25(32)21(14-19-8-4-2-5-9-19)30-36(35-15-20-10-6-3-7-11-20)18-34-13-12-31-17-29-22-23(26)27-16-28-24(22)31/h2-11,16-17,21,30H,12-15,18H2,1H3,(H2,26,27,28). The van der Waals surface area contributed by atoms with Gasteiger partial charge in [0.15, 0.2) is 11.5 Å². The SMILES string of the molecule is COC(=O)C(Cc1ccccc1)NP(COCCn1cnc2c(N)ncnc21)OCc1ccccc1. The number of nitrogen functional groups attached to an aromatic ring is 1. The van der Waals surface area contributed by atoms with E-state index in [1.54, 1.807) is 6.33 Å². The average molecular weight is 509 g/mol. The summed E-state index contributed by atoms with van der Waals surface area (Å²) in [6.07, 6.45) is 3.84. The van der Waals surface area contributed by atoms with Crippen molar-refractivity contribution in [3.05, 3.63) is 84.4 Å². The highest BCUT2D eigenvalue weighted by Gasteiger charge is 2.24. The number of nitrogens with two attached hydrogens (primary N) is 1. The van der Waals surface area contributed by atoms with Crippen molar-refractivity contribution in [2.24, 2.45) is 0 Å². The Hall–Kier alpha value is -3.43. The molecule has 0 aliphatic heterocycles. The molecule has 2 atom stereocenters. The van der Waals surface area contributed by atoms with Crippen molar-refractivity contribution >= 4 is 31.3 Å². The number of nitrogens with one attached hydrogen (secondary N) is 1. The van der Waals surface area contributed by atoms with Crippen LogP contribution in [0.5, 0.6) is 0 Å². The fraction of sp³-hybridized carbons (Fsp3) is 0.280. The number of imidazole rings is 1. The summed E-state index contributed by atoms with van der Waals surface area (Å²) in [6.45, 7) is 1.32. The highest BCUT2D eigenvalue weighted by molar-refractivity contribution is 7.50. The monoisotopic (exact) mass is 508 g/mol. The second-order valence-corrected chi connectivity index (χ2v) is 9.47. The van der Waals surface area contributed by atoms with E-state index in [4.69, 9.17) is 19.7 Å². The second-order valence-electron chi connectivity index (χ2n) is 7.94. The van der Waals surface area contributed by atoms with Crippen molar-refractivity contribution in [1.82, 2.24) is 24.6 Å². The van der Waals surface area contributed by atoms with Gasteiger partial charge in [0.05, 0.1) is 26.7 Å². The molecule has 0 saturated carbocycles. The second kappa shape index (κ2) is 13.0. The lowest BCUT2D eigenvalue weighted by Gasteiger charge is -2.24. The van der Waals surface area contributed by atoms with Crippen LogP contribution in [0.2, 0.25) is 0 Å². The molecule has 2 heterocycles. The van der Waals surface area contributed by atoms with Gasteiger partial charge >= 0.3 is 5.97 Å². The number of methoxy groups -OCH3 is 1. The number of hydrogen-bond donors (Lipinski definition) is 2. The number of benzene rings is 2. The van der Waals surface area contributed by atoms with Gasteiger partial charge in [-0.05, 0) is 17.5 Å². The van der Waals surface area contributed by atoms with E-state index in [0.717, 1.165) is 11.1 Å². The Labute approximate surface area is 210 Å². The zero-order valence-corrected chi connectivity index (χ0v) is 20.9. The Bertz CT molecular complexity index is 1240. The minimum Gasteiger partial charge on any atom is -0.468 e. The maximum atomic E-state index is 12.6. The van der Waals surface area contributed by atoms with E-state index in [0.29, 0.717) is 43.2 Å². The molecule has 3 N–H and O–H groups in total. The Morgan fingerprint density at radius 1 is 1.06 bits per heavy atom. The smallest absolute Gasteiger partial charge is 0.323 e. The molecule has 4 rings (SSSR count). The largest absolute Gasteiger partial charge is 0.468 e. The number of carbonyl (C=O) groups is 1. The first-order valence-corrected chi connectivity index (χ1v) is 12.9. The van der Waals surface area contributed by atoms with Crippen LogP contribution in [0, 0.1) is 0 Å². The lowest BCUT2D eigenvalue weighted by molar-refractivity contribution is -0.142. The van der Waals surface area contributed by atoms with E-state index >= 15 is 0 Å². The molecule has 11 heteroatoms. The molecule has 2 aromatic carbocycles. The van der Waals surface area contributed by atoms with E-state index in [-0.39, 0.29) is 12.3 Å². The fourth-order valence-electron chi connectivity index (χ4n) is 3.56. The number of esters is 1. The predicted octanol–water partition coefficient (Wildman–Crippen LogP) is 3.29. The summed E-state index contributed by atoms with van der Waals surface area (Å²) in [6, 6.07) is 19.1. The number of nitrogens with zero attached hydrogens (tertiary/aromatic N) is 4. The maximum absolute atomic E-state index is 12.6. The lowest BCUT2D eigenvalue weighted by atomic mass is 10.1. The summed E-state index contributed by atoms with van der Waals surface area (Å²) in [5.41, 5.74) is 9.14. The third kappa shape index (κ3) is 7.05. The van der Waals surface area contributed by atoms with E-state index in [1.807, 2.05) is 65.2 Å². The Balaban J connectivity index is 1.39. The quantitative estimate of drug-likeness (QED) is 0.159. The first kappa shape index (κ1) is 25.7. The molecule has 4 aromatic rings. The van der Waals surface area contributed by atoms with Crippen molar-refractivity contribution in [3.63, 3.8) is 0 Å². The molecule has 2 aromatic heterocycles. The first-order chi connectivity index (χ1) is 17.6. The molecule has 0 aliphatic rings. The summed E-state index contributed by atoms with van der Waals surface area (Å²) >= 11 is 0. The molecule has 0 fully saturated rings. The minimum absolute atomic E-state index is 0.286. The van der Waals surface area contributed by atoms with Gasteiger partial charge in [-0.3, -0.25) is 9.88 Å². The van der Waals surface area contributed by atoms with Gasteiger partial charge < -0.3 is 24.3 Å². The molecule has 0 saturated heterocycles.